The van der Waals surface area contributed by atoms with Crippen LogP contribution in [0.1, 0.15) is 23.8 Å². The molecule has 1 aliphatic heterocycles. The van der Waals surface area contributed by atoms with E-state index in [4.69, 9.17) is 9.88 Å². The Morgan fingerprint density at radius 1 is 1.30 bits per heavy atom. The Labute approximate surface area is 116 Å². The molecule has 1 aliphatic rings. The second-order valence-corrected chi connectivity index (χ2v) is 6.17. The first-order chi connectivity index (χ1) is 9.54. The van der Waals surface area contributed by atoms with E-state index >= 15 is 0 Å². The van der Waals surface area contributed by atoms with Gasteiger partial charge in [-0.05, 0) is 36.6 Å². The van der Waals surface area contributed by atoms with Crippen LogP contribution in [-0.2, 0) is 16.4 Å². The van der Waals surface area contributed by atoms with E-state index < -0.39 is 10.0 Å². The Bertz CT molecular complexity index is 732. The van der Waals surface area contributed by atoms with Crippen molar-refractivity contribution < 1.29 is 13.2 Å². The molecule has 0 spiro atoms. The SMILES string of the molecule is NS(=O)(=O)c1ccc2c(c1)OC(c1cccnn1)CC2. The number of nitrogens with zero attached hydrogens (tertiary/aromatic N) is 2. The molecule has 0 amide bonds. The minimum Gasteiger partial charge on any atom is -0.484 e. The van der Waals surface area contributed by atoms with Crippen molar-refractivity contribution in [2.75, 3.05) is 0 Å². The van der Waals surface area contributed by atoms with Gasteiger partial charge in [-0.1, -0.05) is 6.07 Å². The van der Waals surface area contributed by atoms with Crippen molar-refractivity contribution in [1.82, 2.24) is 10.2 Å². The third-order valence-electron chi connectivity index (χ3n) is 3.24. The molecule has 0 saturated carbocycles. The molecule has 3 rings (SSSR count). The topological polar surface area (TPSA) is 95.2 Å². The molecule has 6 nitrogen and oxygen atoms in total. The number of sulfonamides is 1. The van der Waals surface area contributed by atoms with E-state index in [0.717, 1.165) is 24.1 Å². The molecule has 1 unspecified atom stereocenters. The molecule has 0 radical (unpaired) electrons. The maximum absolute atomic E-state index is 11.4. The van der Waals surface area contributed by atoms with Crippen LogP contribution in [0.25, 0.3) is 0 Å². The molecule has 104 valence electrons. The summed E-state index contributed by atoms with van der Waals surface area (Å²) >= 11 is 0. The summed E-state index contributed by atoms with van der Waals surface area (Å²) in [5.74, 6) is 0.540. The summed E-state index contributed by atoms with van der Waals surface area (Å²) in [6, 6.07) is 8.34. The Kier molecular flexibility index (Phi) is 3.15. The fraction of sp³-hybridized carbons (Fsp3) is 0.231. The van der Waals surface area contributed by atoms with Gasteiger partial charge in [-0.25, -0.2) is 13.6 Å². The van der Waals surface area contributed by atoms with Crippen LogP contribution < -0.4 is 9.88 Å². The van der Waals surface area contributed by atoms with E-state index in [2.05, 4.69) is 10.2 Å². The summed E-state index contributed by atoms with van der Waals surface area (Å²) in [5, 5.41) is 13.0. The summed E-state index contributed by atoms with van der Waals surface area (Å²) in [5.41, 5.74) is 1.71. The van der Waals surface area contributed by atoms with E-state index in [1.54, 1.807) is 18.3 Å². The number of primary sulfonamides is 1. The van der Waals surface area contributed by atoms with Crippen molar-refractivity contribution in [2.24, 2.45) is 5.14 Å². The van der Waals surface area contributed by atoms with Gasteiger partial charge < -0.3 is 4.74 Å². The van der Waals surface area contributed by atoms with Crippen molar-refractivity contribution in [3.8, 4) is 5.75 Å². The number of aryl methyl sites for hydroxylation is 1. The van der Waals surface area contributed by atoms with Crippen molar-refractivity contribution in [1.29, 1.82) is 0 Å². The lowest BCUT2D eigenvalue weighted by Gasteiger charge is -2.25. The van der Waals surface area contributed by atoms with E-state index in [0.29, 0.717) is 5.75 Å². The highest BCUT2D eigenvalue weighted by Gasteiger charge is 2.24. The highest BCUT2D eigenvalue weighted by Crippen LogP contribution is 2.35. The van der Waals surface area contributed by atoms with Crippen LogP contribution in [0.4, 0.5) is 0 Å². The molecule has 0 aliphatic carbocycles. The van der Waals surface area contributed by atoms with Crippen LogP contribution >= 0.6 is 0 Å². The molecule has 20 heavy (non-hydrogen) atoms. The number of aromatic nitrogens is 2. The number of ether oxygens (including phenoxy) is 1. The van der Waals surface area contributed by atoms with Crippen molar-refractivity contribution in [3.05, 3.63) is 47.8 Å². The molecule has 0 bridgehead atoms. The molecule has 1 aromatic heterocycles. The van der Waals surface area contributed by atoms with Gasteiger partial charge in [0.2, 0.25) is 10.0 Å². The number of hydrogen-bond acceptors (Lipinski definition) is 5. The number of nitrogens with two attached hydrogens (primary N) is 1. The Morgan fingerprint density at radius 3 is 2.85 bits per heavy atom. The van der Waals surface area contributed by atoms with Gasteiger partial charge in [0.05, 0.1) is 4.90 Å². The van der Waals surface area contributed by atoms with Gasteiger partial charge in [0.15, 0.2) is 0 Å². The Hall–Kier alpha value is -1.99. The summed E-state index contributed by atoms with van der Waals surface area (Å²) in [7, 11) is -3.73. The molecule has 2 aromatic rings. The quantitative estimate of drug-likeness (QED) is 0.896. The zero-order valence-corrected chi connectivity index (χ0v) is 11.4. The molecule has 2 heterocycles. The normalized spacial score (nSPS) is 18.1. The van der Waals surface area contributed by atoms with Crippen LogP contribution in [0.15, 0.2) is 41.4 Å². The van der Waals surface area contributed by atoms with E-state index in [-0.39, 0.29) is 11.0 Å². The lowest BCUT2D eigenvalue weighted by Crippen LogP contribution is -2.18. The van der Waals surface area contributed by atoms with Gasteiger partial charge in [0.25, 0.3) is 0 Å². The lowest BCUT2D eigenvalue weighted by atomic mass is 10.0. The largest absolute Gasteiger partial charge is 0.484 e. The molecule has 2 N–H and O–H groups in total. The predicted octanol–water partition coefficient (Wildman–Crippen LogP) is 1.19. The summed E-state index contributed by atoms with van der Waals surface area (Å²) in [6.07, 6.45) is 2.95. The van der Waals surface area contributed by atoms with Gasteiger partial charge >= 0.3 is 0 Å². The molecule has 0 saturated heterocycles. The zero-order chi connectivity index (χ0) is 14.2. The highest BCUT2D eigenvalue weighted by atomic mass is 32.2. The molecular formula is C13H13N3O3S. The van der Waals surface area contributed by atoms with Gasteiger partial charge in [0, 0.05) is 12.3 Å². The van der Waals surface area contributed by atoms with Gasteiger partial charge in [-0.3, -0.25) is 0 Å². The van der Waals surface area contributed by atoms with E-state index in [9.17, 15) is 8.42 Å². The van der Waals surface area contributed by atoms with Crippen molar-refractivity contribution in [2.45, 2.75) is 23.8 Å². The third-order valence-corrected chi connectivity index (χ3v) is 4.15. The first-order valence-corrected chi connectivity index (χ1v) is 7.68. The third kappa shape index (κ3) is 2.50. The minimum atomic E-state index is -3.73. The monoisotopic (exact) mass is 291 g/mol. The number of hydrogen-bond donors (Lipinski definition) is 1. The van der Waals surface area contributed by atoms with E-state index in [1.165, 1.54) is 12.1 Å². The van der Waals surface area contributed by atoms with E-state index in [1.807, 2.05) is 6.07 Å². The van der Waals surface area contributed by atoms with Gasteiger partial charge in [-0.15, -0.1) is 0 Å². The lowest BCUT2D eigenvalue weighted by molar-refractivity contribution is 0.170. The van der Waals surface area contributed by atoms with Crippen LogP contribution in [0, 0.1) is 0 Å². The molecular weight excluding hydrogens is 278 g/mol. The number of fused-ring (bicyclic) bond motifs is 1. The minimum absolute atomic E-state index is 0.0519. The fourth-order valence-corrected chi connectivity index (χ4v) is 2.75. The average Bonchev–Trinajstić information content (AvgIpc) is 2.46. The first-order valence-electron chi connectivity index (χ1n) is 6.14. The second kappa shape index (κ2) is 4.84. The first kappa shape index (κ1) is 13.0. The number of benzene rings is 1. The Morgan fingerprint density at radius 2 is 2.15 bits per heavy atom. The fourth-order valence-electron chi connectivity index (χ4n) is 2.22. The van der Waals surface area contributed by atoms with Crippen molar-refractivity contribution in [3.63, 3.8) is 0 Å². The average molecular weight is 291 g/mol. The summed E-state index contributed by atoms with van der Waals surface area (Å²) in [4.78, 5) is 0.0519. The smallest absolute Gasteiger partial charge is 0.238 e. The van der Waals surface area contributed by atoms with Crippen LogP contribution in [0.2, 0.25) is 0 Å². The van der Waals surface area contributed by atoms with Gasteiger partial charge in [0.1, 0.15) is 17.5 Å². The predicted molar refractivity (Wildman–Crippen MR) is 71.5 cm³/mol. The molecule has 0 fully saturated rings. The Balaban J connectivity index is 1.94. The maximum Gasteiger partial charge on any atom is 0.238 e. The summed E-state index contributed by atoms with van der Waals surface area (Å²) < 4.78 is 28.6. The second-order valence-electron chi connectivity index (χ2n) is 4.61. The summed E-state index contributed by atoms with van der Waals surface area (Å²) in [6.45, 7) is 0. The zero-order valence-electron chi connectivity index (χ0n) is 10.6. The number of rotatable bonds is 2. The van der Waals surface area contributed by atoms with Gasteiger partial charge in [-0.2, -0.15) is 10.2 Å². The van der Waals surface area contributed by atoms with Crippen LogP contribution in [0.3, 0.4) is 0 Å². The van der Waals surface area contributed by atoms with Crippen LogP contribution in [0.5, 0.6) is 5.75 Å². The molecule has 1 aromatic carbocycles. The highest BCUT2D eigenvalue weighted by molar-refractivity contribution is 7.89. The standard InChI is InChI=1S/C13H13N3O3S/c14-20(17,18)10-5-3-9-4-6-12(19-13(9)8-10)11-2-1-7-15-16-11/h1-3,5,7-8,12H,4,6H2,(H2,14,17,18). The van der Waals surface area contributed by atoms with Crippen molar-refractivity contribution >= 4 is 10.0 Å². The van der Waals surface area contributed by atoms with Crippen LogP contribution in [-0.4, -0.2) is 18.6 Å². The maximum atomic E-state index is 11.4. The molecule has 1 atom stereocenters. The molecule has 7 heteroatoms.